The van der Waals surface area contributed by atoms with Crippen LogP contribution in [-0.2, 0) is 0 Å². The molecule has 0 aliphatic carbocycles. The lowest BCUT2D eigenvalue weighted by Gasteiger charge is -2.34. The lowest BCUT2D eigenvalue weighted by Crippen LogP contribution is -2.43. The number of hydrogen-bond acceptors (Lipinski definition) is 5. The molecule has 3 rings (SSSR count). The first-order valence-corrected chi connectivity index (χ1v) is 11.1. The molecule has 2 saturated heterocycles. The molecule has 0 radical (unpaired) electrons. The molecular formula is C21H36N6S. The fourth-order valence-corrected chi connectivity index (χ4v) is 4.31. The lowest BCUT2D eigenvalue weighted by molar-refractivity contribution is 0.435. The highest BCUT2D eigenvalue weighted by molar-refractivity contribution is 7.80. The predicted molar refractivity (Wildman–Crippen MR) is 122 cm³/mol. The minimum Gasteiger partial charge on any atom is -0.358 e. The summed E-state index contributed by atoms with van der Waals surface area (Å²) >= 11 is 5.49. The van der Waals surface area contributed by atoms with Crippen molar-refractivity contribution < 1.29 is 0 Å². The van der Waals surface area contributed by atoms with Crippen molar-refractivity contribution in [3.8, 4) is 0 Å². The molecule has 1 aromatic rings. The smallest absolute Gasteiger partial charge is 0.232 e. The van der Waals surface area contributed by atoms with Crippen LogP contribution >= 0.6 is 12.2 Å². The Labute approximate surface area is 175 Å². The average molecular weight is 405 g/mol. The van der Waals surface area contributed by atoms with E-state index in [1.807, 2.05) is 0 Å². The van der Waals surface area contributed by atoms with Gasteiger partial charge in [-0.15, -0.1) is 0 Å². The van der Waals surface area contributed by atoms with Gasteiger partial charge in [-0.05, 0) is 70.5 Å². The average Bonchev–Trinajstić information content (AvgIpc) is 2.60. The summed E-state index contributed by atoms with van der Waals surface area (Å²) < 4.78 is 0. The topological polar surface area (TPSA) is 56.3 Å². The quantitative estimate of drug-likeness (QED) is 0.738. The number of rotatable bonds is 3. The van der Waals surface area contributed by atoms with E-state index >= 15 is 0 Å². The van der Waals surface area contributed by atoms with Gasteiger partial charge in [-0.1, -0.05) is 13.8 Å². The first-order chi connectivity index (χ1) is 13.2. The summed E-state index contributed by atoms with van der Waals surface area (Å²) in [4.78, 5) is 14.4. The predicted octanol–water partition coefficient (Wildman–Crippen LogP) is 4.03. The molecule has 2 fully saturated rings. The zero-order valence-electron chi connectivity index (χ0n) is 18.1. The normalized spacial score (nSPS) is 21.5. The van der Waals surface area contributed by atoms with Gasteiger partial charge in [0.05, 0.1) is 0 Å². The van der Waals surface area contributed by atoms with Gasteiger partial charge in [-0.25, -0.2) is 0 Å². The summed E-state index contributed by atoms with van der Waals surface area (Å²) in [6, 6.07) is 2.17. The molecule has 0 saturated carbocycles. The maximum absolute atomic E-state index is 5.49. The molecular weight excluding hydrogens is 368 g/mol. The van der Waals surface area contributed by atoms with Crippen LogP contribution in [0.1, 0.15) is 60.3 Å². The van der Waals surface area contributed by atoms with Crippen LogP contribution in [0.2, 0.25) is 0 Å². The highest BCUT2D eigenvalue weighted by atomic mass is 32.1. The van der Waals surface area contributed by atoms with Crippen molar-refractivity contribution in [2.75, 3.05) is 41.3 Å². The van der Waals surface area contributed by atoms with Crippen molar-refractivity contribution in [3.63, 3.8) is 0 Å². The van der Waals surface area contributed by atoms with Gasteiger partial charge in [-0.3, -0.25) is 0 Å². The van der Waals surface area contributed by atoms with Crippen LogP contribution in [0.5, 0.6) is 0 Å². The summed E-state index contributed by atoms with van der Waals surface area (Å²) in [5.41, 5.74) is -0.101. The van der Waals surface area contributed by atoms with E-state index in [4.69, 9.17) is 22.2 Å². The fraction of sp³-hybridized carbons (Fsp3) is 0.762. The standard InChI is InChI=1S/C21H36N6S/c1-15-8-11-26(12-9-15)17-13-18(27-10-6-7-16(2)14-27)23-19(22-17)24-20(28)25-21(3,4)5/h13,15-16H,6-12,14H2,1-5H3,(H2,22,23,24,25,28)/t16-/m0/s1. The Morgan fingerprint density at radius 3 is 2.25 bits per heavy atom. The van der Waals surface area contributed by atoms with E-state index in [0.29, 0.717) is 17.0 Å². The third kappa shape index (κ3) is 5.93. The molecule has 2 aliphatic heterocycles. The number of nitrogens with zero attached hydrogens (tertiary/aromatic N) is 4. The van der Waals surface area contributed by atoms with Gasteiger partial charge in [0.1, 0.15) is 11.6 Å². The molecule has 0 unspecified atom stereocenters. The Hall–Kier alpha value is -1.63. The summed E-state index contributed by atoms with van der Waals surface area (Å²) in [5.74, 6) is 4.10. The Morgan fingerprint density at radius 2 is 1.64 bits per heavy atom. The second kappa shape index (κ2) is 8.80. The fourth-order valence-electron chi connectivity index (χ4n) is 3.91. The minimum absolute atomic E-state index is 0.101. The van der Waals surface area contributed by atoms with Crippen molar-refractivity contribution >= 4 is 34.9 Å². The third-order valence-corrected chi connectivity index (χ3v) is 5.71. The van der Waals surface area contributed by atoms with E-state index in [9.17, 15) is 0 Å². The van der Waals surface area contributed by atoms with E-state index < -0.39 is 0 Å². The summed E-state index contributed by atoms with van der Waals surface area (Å²) in [5, 5.41) is 7.08. The van der Waals surface area contributed by atoms with Crippen molar-refractivity contribution in [1.29, 1.82) is 0 Å². The van der Waals surface area contributed by atoms with Crippen molar-refractivity contribution in [3.05, 3.63) is 6.07 Å². The molecule has 0 spiro atoms. The van der Waals surface area contributed by atoms with Gasteiger partial charge < -0.3 is 20.4 Å². The molecule has 0 bridgehead atoms. The van der Waals surface area contributed by atoms with E-state index in [1.54, 1.807) is 0 Å². The Kier molecular flexibility index (Phi) is 6.63. The van der Waals surface area contributed by atoms with Gasteiger partial charge >= 0.3 is 0 Å². The van der Waals surface area contributed by atoms with Crippen LogP contribution in [0, 0.1) is 11.8 Å². The summed E-state index contributed by atoms with van der Waals surface area (Å²) in [6.45, 7) is 15.1. The molecule has 28 heavy (non-hydrogen) atoms. The Bertz CT molecular complexity index is 678. The molecule has 2 aliphatic rings. The molecule has 0 aromatic carbocycles. The molecule has 3 heterocycles. The number of piperidine rings is 2. The number of anilines is 3. The first-order valence-electron chi connectivity index (χ1n) is 10.7. The summed E-state index contributed by atoms with van der Waals surface area (Å²) in [6.07, 6.45) is 4.94. The lowest BCUT2D eigenvalue weighted by atomic mass is 9.99. The van der Waals surface area contributed by atoms with Crippen molar-refractivity contribution in [2.45, 2.75) is 65.8 Å². The van der Waals surface area contributed by atoms with E-state index in [2.05, 4.69) is 61.1 Å². The SMILES string of the molecule is CC1CCN(c2cc(N3CCC[C@H](C)C3)nc(NC(=S)NC(C)(C)C)n2)CC1. The zero-order valence-corrected chi connectivity index (χ0v) is 18.9. The van der Waals surface area contributed by atoms with Crippen LogP contribution in [0.15, 0.2) is 6.07 Å². The van der Waals surface area contributed by atoms with E-state index in [1.165, 1.54) is 25.7 Å². The van der Waals surface area contributed by atoms with Gasteiger partial charge in [0.25, 0.3) is 0 Å². The number of hydrogen-bond donors (Lipinski definition) is 2. The zero-order chi connectivity index (χ0) is 20.3. The van der Waals surface area contributed by atoms with Crippen molar-refractivity contribution in [2.24, 2.45) is 11.8 Å². The highest BCUT2D eigenvalue weighted by Gasteiger charge is 2.23. The van der Waals surface area contributed by atoms with Gasteiger partial charge in [0, 0.05) is 37.8 Å². The number of aromatic nitrogens is 2. The second-order valence-corrected chi connectivity index (χ2v) is 10.0. The monoisotopic (exact) mass is 404 g/mol. The molecule has 2 N–H and O–H groups in total. The summed E-state index contributed by atoms with van der Waals surface area (Å²) in [7, 11) is 0. The second-order valence-electron chi connectivity index (χ2n) is 9.60. The van der Waals surface area contributed by atoms with E-state index in [0.717, 1.165) is 43.7 Å². The van der Waals surface area contributed by atoms with Gasteiger partial charge in [-0.2, -0.15) is 9.97 Å². The van der Waals surface area contributed by atoms with Crippen LogP contribution in [0.25, 0.3) is 0 Å². The van der Waals surface area contributed by atoms with Crippen LogP contribution in [0.3, 0.4) is 0 Å². The third-order valence-electron chi connectivity index (χ3n) is 5.50. The maximum Gasteiger partial charge on any atom is 0.232 e. The largest absolute Gasteiger partial charge is 0.358 e. The molecule has 156 valence electrons. The molecule has 7 heteroatoms. The minimum atomic E-state index is -0.101. The number of nitrogens with one attached hydrogen (secondary N) is 2. The molecule has 1 atom stereocenters. The Balaban J connectivity index is 1.84. The van der Waals surface area contributed by atoms with Gasteiger partial charge in [0.15, 0.2) is 5.11 Å². The maximum atomic E-state index is 5.49. The van der Waals surface area contributed by atoms with Crippen LogP contribution in [-0.4, -0.2) is 46.8 Å². The van der Waals surface area contributed by atoms with Crippen LogP contribution < -0.4 is 20.4 Å². The molecule has 6 nitrogen and oxygen atoms in total. The van der Waals surface area contributed by atoms with Crippen molar-refractivity contribution in [1.82, 2.24) is 15.3 Å². The molecule has 0 amide bonds. The number of thiocarbonyl (C=S) groups is 1. The van der Waals surface area contributed by atoms with Gasteiger partial charge in [0.2, 0.25) is 5.95 Å². The van der Waals surface area contributed by atoms with Crippen LogP contribution in [0.4, 0.5) is 17.6 Å². The highest BCUT2D eigenvalue weighted by Crippen LogP contribution is 2.28. The molecule has 1 aromatic heterocycles. The Morgan fingerprint density at radius 1 is 1.00 bits per heavy atom. The van der Waals surface area contributed by atoms with E-state index in [-0.39, 0.29) is 5.54 Å². The first kappa shape index (κ1) is 21.1.